The number of nitrogens with two attached hydrogens (primary N) is 1. The van der Waals surface area contributed by atoms with Crippen molar-refractivity contribution in [3.8, 4) is 12.3 Å². The first-order valence-corrected chi connectivity index (χ1v) is 8.26. The SMILES string of the molecule is C#CC(NC(=O)CCC(=O)NCCC1=CCN(C(=N)N)C1)C(=O)CC(=O)O. The third-order valence-electron chi connectivity index (χ3n) is 3.80. The first-order chi connectivity index (χ1) is 12.7. The van der Waals surface area contributed by atoms with Crippen LogP contribution in [-0.2, 0) is 19.2 Å². The minimum absolute atomic E-state index is 0.00316. The summed E-state index contributed by atoms with van der Waals surface area (Å²) in [5.74, 6) is -1.05. The maximum Gasteiger partial charge on any atom is 0.311 e. The van der Waals surface area contributed by atoms with Crippen LogP contribution in [0.2, 0.25) is 0 Å². The van der Waals surface area contributed by atoms with Gasteiger partial charge in [0.1, 0.15) is 12.5 Å². The number of carbonyl (C=O) groups excluding carboxylic acids is 3. The molecule has 2 amide bonds. The van der Waals surface area contributed by atoms with Gasteiger partial charge in [-0.05, 0) is 6.42 Å². The number of aliphatic carboxylic acids is 1. The van der Waals surface area contributed by atoms with Crippen molar-refractivity contribution in [3.63, 3.8) is 0 Å². The number of hydrogen-bond acceptors (Lipinski definition) is 5. The Kier molecular flexibility index (Phi) is 8.51. The van der Waals surface area contributed by atoms with Crippen molar-refractivity contribution < 1.29 is 24.3 Å². The Bertz CT molecular complexity index is 694. The zero-order chi connectivity index (χ0) is 20.4. The van der Waals surface area contributed by atoms with E-state index in [1.807, 2.05) is 12.0 Å². The molecule has 0 aliphatic carbocycles. The second-order valence-corrected chi connectivity index (χ2v) is 5.93. The van der Waals surface area contributed by atoms with Crippen LogP contribution in [0.4, 0.5) is 0 Å². The highest BCUT2D eigenvalue weighted by Gasteiger charge is 2.21. The Balaban J connectivity index is 2.25. The normalized spacial score (nSPS) is 13.9. The number of carboxylic acid groups (broad SMARTS) is 1. The van der Waals surface area contributed by atoms with Crippen molar-refractivity contribution in [2.75, 3.05) is 19.6 Å². The highest BCUT2D eigenvalue weighted by Crippen LogP contribution is 2.11. The largest absolute Gasteiger partial charge is 0.481 e. The molecule has 1 heterocycles. The van der Waals surface area contributed by atoms with Crippen LogP contribution < -0.4 is 16.4 Å². The molecular formula is C17H23N5O5. The topological polar surface area (TPSA) is 166 Å². The smallest absolute Gasteiger partial charge is 0.311 e. The molecule has 0 spiro atoms. The van der Waals surface area contributed by atoms with Gasteiger partial charge in [-0.1, -0.05) is 17.6 Å². The number of amides is 2. The number of terminal acetylenes is 1. The van der Waals surface area contributed by atoms with Gasteiger partial charge >= 0.3 is 5.97 Å². The minimum atomic E-state index is -1.34. The maximum atomic E-state index is 11.8. The lowest BCUT2D eigenvalue weighted by atomic mass is 10.1. The summed E-state index contributed by atoms with van der Waals surface area (Å²) >= 11 is 0. The summed E-state index contributed by atoms with van der Waals surface area (Å²) in [6.07, 6.45) is 6.64. The Hall–Kier alpha value is -3.35. The molecule has 0 aromatic heterocycles. The molecule has 6 N–H and O–H groups in total. The van der Waals surface area contributed by atoms with Crippen LogP contribution in [0.25, 0.3) is 0 Å². The van der Waals surface area contributed by atoms with Crippen molar-refractivity contribution in [2.45, 2.75) is 31.7 Å². The van der Waals surface area contributed by atoms with Gasteiger partial charge in [-0.25, -0.2) is 0 Å². The highest BCUT2D eigenvalue weighted by atomic mass is 16.4. The average molecular weight is 377 g/mol. The fraction of sp³-hybridized carbons (Fsp3) is 0.471. The number of nitrogens with one attached hydrogen (secondary N) is 3. The Labute approximate surface area is 156 Å². The molecule has 1 aliphatic heterocycles. The summed E-state index contributed by atoms with van der Waals surface area (Å²) in [6, 6.07) is -1.32. The standard InChI is InChI=1S/C17H23N5O5/c1-2-12(13(23)9-16(26)27)21-15(25)4-3-14(24)20-7-5-11-6-8-22(10-11)17(18)19/h1,6,12H,3-5,7-10H2,(H3,18,19)(H,20,24)(H,21,25)(H,26,27). The van der Waals surface area contributed by atoms with Crippen LogP contribution in [-0.4, -0.2) is 65.2 Å². The third-order valence-corrected chi connectivity index (χ3v) is 3.80. The summed E-state index contributed by atoms with van der Waals surface area (Å²) in [5, 5.41) is 20.8. The van der Waals surface area contributed by atoms with E-state index in [1.165, 1.54) is 0 Å². The molecule has 10 heteroatoms. The number of ketones is 1. The summed E-state index contributed by atoms with van der Waals surface area (Å²) in [6.45, 7) is 1.53. The molecule has 0 radical (unpaired) electrons. The lowest BCUT2D eigenvalue weighted by molar-refractivity contribution is -0.141. The maximum absolute atomic E-state index is 11.8. The average Bonchev–Trinajstić information content (AvgIpc) is 3.06. The molecule has 0 aromatic rings. The number of Topliss-reactive ketones (excluding diaryl/α,β-unsaturated/α-hetero) is 1. The minimum Gasteiger partial charge on any atom is -0.481 e. The van der Waals surface area contributed by atoms with Crippen LogP contribution in [0.5, 0.6) is 0 Å². The van der Waals surface area contributed by atoms with E-state index in [0.717, 1.165) is 5.57 Å². The van der Waals surface area contributed by atoms with Gasteiger partial charge in [-0.15, -0.1) is 6.42 Å². The van der Waals surface area contributed by atoms with Gasteiger partial charge in [0.15, 0.2) is 11.7 Å². The van der Waals surface area contributed by atoms with Crippen LogP contribution in [0.3, 0.4) is 0 Å². The van der Waals surface area contributed by atoms with Crippen LogP contribution >= 0.6 is 0 Å². The highest BCUT2D eigenvalue weighted by molar-refractivity contribution is 6.01. The molecule has 27 heavy (non-hydrogen) atoms. The molecule has 1 aliphatic rings. The van der Waals surface area contributed by atoms with Crippen molar-refractivity contribution in [2.24, 2.45) is 5.73 Å². The predicted octanol–water partition coefficient (Wildman–Crippen LogP) is -1.43. The van der Waals surface area contributed by atoms with E-state index < -0.39 is 30.1 Å². The molecule has 146 valence electrons. The number of carbonyl (C=O) groups is 4. The number of nitrogens with zero attached hydrogens (tertiary/aromatic N) is 1. The summed E-state index contributed by atoms with van der Waals surface area (Å²) in [5.41, 5.74) is 6.46. The number of hydrogen-bond donors (Lipinski definition) is 5. The molecule has 10 nitrogen and oxygen atoms in total. The van der Waals surface area contributed by atoms with Crippen molar-refractivity contribution in [1.29, 1.82) is 5.41 Å². The summed E-state index contributed by atoms with van der Waals surface area (Å²) in [7, 11) is 0. The molecule has 0 bridgehead atoms. The zero-order valence-corrected chi connectivity index (χ0v) is 14.8. The molecule has 0 fully saturated rings. The lowest BCUT2D eigenvalue weighted by Gasteiger charge is -2.15. The van der Waals surface area contributed by atoms with E-state index in [4.69, 9.17) is 22.7 Å². The van der Waals surface area contributed by atoms with Crippen molar-refractivity contribution in [3.05, 3.63) is 11.6 Å². The fourth-order valence-electron chi connectivity index (χ4n) is 2.36. The second kappa shape index (κ2) is 10.6. The zero-order valence-electron chi connectivity index (χ0n) is 14.8. The second-order valence-electron chi connectivity index (χ2n) is 5.93. The first kappa shape index (κ1) is 21.7. The van der Waals surface area contributed by atoms with E-state index in [2.05, 4.69) is 10.6 Å². The summed E-state index contributed by atoms with van der Waals surface area (Å²) < 4.78 is 0. The monoisotopic (exact) mass is 377 g/mol. The van der Waals surface area contributed by atoms with Gasteiger partial charge in [0.25, 0.3) is 0 Å². The Morgan fingerprint density at radius 3 is 2.56 bits per heavy atom. The van der Waals surface area contributed by atoms with E-state index in [1.54, 1.807) is 4.90 Å². The number of guanidine groups is 1. The molecule has 0 aromatic carbocycles. The molecular weight excluding hydrogens is 354 g/mol. The van der Waals surface area contributed by atoms with E-state index in [0.29, 0.717) is 26.1 Å². The Morgan fingerprint density at radius 1 is 1.33 bits per heavy atom. The molecule has 1 rings (SSSR count). The quantitative estimate of drug-likeness (QED) is 0.102. The van der Waals surface area contributed by atoms with Gasteiger partial charge in [-0.3, -0.25) is 24.6 Å². The molecule has 1 unspecified atom stereocenters. The van der Waals surface area contributed by atoms with Gasteiger partial charge < -0.3 is 26.4 Å². The van der Waals surface area contributed by atoms with Crippen LogP contribution in [0, 0.1) is 17.8 Å². The molecule has 0 saturated heterocycles. The molecule has 1 atom stereocenters. The van der Waals surface area contributed by atoms with Gasteiger partial charge in [0, 0.05) is 32.5 Å². The van der Waals surface area contributed by atoms with Gasteiger partial charge in [0.2, 0.25) is 11.8 Å². The van der Waals surface area contributed by atoms with Crippen molar-refractivity contribution in [1.82, 2.24) is 15.5 Å². The number of rotatable bonds is 10. The van der Waals surface area contributed by atoms with Gasteiger partial charge in [0.05, 0.1) is 0 Å². The fourth-order valence-corrected chi connectivity index (χ4v) is 2.36. The van der Waals surface area contributed by atoms with Crippen molar-refractivity contribution >= 4 is 29.5 Å². The Morgan fingerprint density at radius 2 is 2.00 bits per heavy atom. The lowest BCUT2D eigenvalue weighted by Crippen LogP contribution is -2.41. The van der Waals surface area contributed by atoms with E-state index >= 15 is 0 Å². The third kappa shape index (κ3) is 8.04. The van der Waals surface area contributed by atoms with E-state index in [9.17, 15) is 19.2 Å². The van der Waals surface area contributed by atoms with Gasteiger partial charge in [-0.2, -0.15) is 0 Å². The first-order valence-electron chi connectivity index (χ1n) is 8.26. The van der Waals surface area contributed by atoms with Crippen LogP contribution in [0.1, 0.15) is 25.7 Å². The summed E-state index contributed by atoms with van der Waals surface area (Å²) in [4.78, 5) is 47.3. The predicted molar refractivity (Wildman–Crippen MR) is 96.5 cm³/mol. The van der Waals surface area contributed by atoms with E-state index in [-0.39, 0.29) is 24.7 Å². The molecule has 0 saturated carbocycles. The van der Waals surface area contributed by atoms with Crippen LogP contribution in [0.15, 0.2) is 11.6 Å². The number of carboxylic acids is 1.